The maximum Gasteiger partial charge on any atom is 0.150 e. The molecule has 2 aliphatic rings. The van der Waals surface area contributed by atoms with E-state index >= 15 is 0 Å². The number of nitriles is 1. The highest BCUT2D eigenvalue weighted by atomic mass is 32.1. The summed E-state index contributed by atoms with van der Waals surface area (Å²) in [5.74, 6) is 0.870. The van der Waals surface area contributed by atoms with Crippen LogP contribution < -0.4 is 4.90 Å². The van der Waals surface area contributed by atoms with Gasteiger partial charge in [-0.3, -0.25) is 0 Å². The minimum Gasteiger partial charge on any atom is -0.377 e. The van der Waals surface area contributed by atoms with Gasteiger partial charge in [-0.15, -0.1) is 0 Å². The summed E-state index contributed by atoms with van der Waals surface area (Å²) in [4.78, 5) is 7.39. The number of fused-ring (bicyclic) bond motifs is 1. The van der Waals surface area contributed by atoms with Crippen LogP contribution in [0.4, 0.5) is 5.82 Å². The Kier molecular flexibility index (Phi) is 5.85. The first-order valence-corrected chi connectivity index (χ1v) is 12.4. The molecule has 2 fully saturated rings. The van der Waals surface area contributed by atoms with Gasteiger partial charge in [-0.05, 0) is 76.2 Å². The second kappa shape index (κ2) is 8.67. The van der Waals surface area contributed by atoms with Crippen LogP contribution in [0.15, 0.2) is 12.1 Å². The number of aromatic nitrogens is 4. The first-order chi connectivity index (χ1) is 15.9. The third-order valence-corrected chi connectivity index (χ3v) is 7.43. The third kappa shape index (κ3) is 4.01. The number of hydrogen-bond acceptors (Lipinski definition) is 8. The molecule has 2 atom stereocenters. The molecule has 3 aromatic heterocycles. The number of ether oxygens (including phenoxy) is 2. The van der Waals surface area contributed by atoms with Gasteiger partial charge in [0, 0.05) is 13.2 Å². The summed E-state index contributed by atoms with van der Waals surface area (Å²) in [6.07, 6.45) is 3.06. The maximum absolute atomic E-state index is 9.95. The number of pyridine rings is 1. The standard InChI is InChI=1S/C24H30N6O2S/c1-15-11-18(30(27-15)20-7-5-6-9-32-20)21-22-23(33-28-21)17(24(3,4)14-25)12-19(26-22)29-8-10-31-13-16(29)2/h11-12,16,20H,5-10,13H2,1-4H3. The second-order valence-corrected chi connectivity index (χ2v) is 10.3. The zero-order valence-electron chi connectivity index (χ0n) is 19.7. The molecule has 9 heteroatoms. The molecule has 0 aliphatic carbocycles. The SMILES string of the molecule is Cc1cc(-c2nsc3c(C(C)(C)C#N)cc(N4CCOCC4C)nc23)n(C2CCCCO2)n1. The quantitative estimate of drug-likeness (QED) is 0.556. The van der Waals surface area contributed by atoms with Crippen LogP contribution >= 0.6 is 11.5 Å². The average Bonchev–Trinajstić information content (AvgIpc) is 3.42. The van der Waals surface area contributed by atoms with Crippen molar-refractivity contribution in [1.29, 1.82) is 5.26 Å². The summed E-state index contributed by atoms with van der Waals surface area (Å²) in [5.41, 5.74) is 3.78. The Labute approximate surface area is 198 Å². The van der Waals surface area contributed by atoms with Crippen molar-refractivity contribution in [3.05, 3.63) is 23.4 Å². The molecule has 174 valence electrons. The molecule has 5 rings (SSSR count). The molecule has 0 N–H and O–H groups in total. The lowest BCUT2D eigenvalue weighted by atomic mass is 9.86. The van der Waals surface area contributed by atoms with E-state index in [9.17, 15) is 5.26 Å². The molecule has 0 amide bonds. The van der Waals surface area contributed by atoms with Crippen LogP contribution in [0.25, 0.3) is 21.6 Å². The average molecular weight is 467 g/mol. The lowest BCUT2D eigenvalue weighted by Gasteiger charge is -2.35. The molecular weight excluding hydrogens is 436 g/mol. The van der Waals surface area contributed by atoms with Gasteiger partial charge in [-0.1, -0.05) is 0 Å². The van der Waals surface area contributed by atoms with Gasteiger partial charge in [0.15, 0.2) is 6.23 Å². The van der Waals surface area contributed by atoms with E-state index in [2.05, 4.69) is 30.0 Å². The molecule has 3 aromatic rings. The van der Waals surface area contributed by atoms with Crippen molar-refractivity contribution in [2.24, 2.45) is 0 Å². The van der Waals surface area contributed by atoms with Gasteiger partial charge in [-0.2, -0.15) is 14.7 Å². The van der Waals surface area contributed by atoms with Crippen molar-refractivity contribution in [3.63, 3.8) is 0 Å². The first kappa shape index (κ1) is 22.3. The molecule has 0 bridgehead atoms. The molecule has 2 aliphatic heterocycles. The topological polar surface area (TPSA) is 89.1 Å². The summed E-state index contributed by atoms with van der Waals surface area (Å²) in [7, 11) is 0. The molecule has 8 nitrogen and oxygen atoms in total. The van der Waals surface area contributed by atoms with Crippen LogP contribution in [-0.4, -0.2) is 51.5 Å². The molecule has 33 heavy (non-hydrogen) atoms. The van der Waals surface area contributed by atoms with Gasteiger partial charge in [-0.25, -0.2) is 9.67 Å². The van der Waals surface area contributed by atoms with E-state index in [1.54, 1.807) is 0 Å². The summed E-state index contributed by atoms with van der Waals surface area (Å²) >= 11 is 1.41. The van der Waals surface area contributed by atoms with Crippen LogP contribution in [-0.2, 0) is 14.9 Å². The highest BCUT2D eigenvalue weighted by Crippen LogP contribution is 2.40. The van der Waals surface area contributed by atoms with Gasteiger partial charge in [0.25, 0.3) is 0 Å². The van der Waals surface area contributed by atoms with E-state index in [-0.39, 0.29) is 12.3 Å². The van der Waals surface area contributed by atoms with Crippen molar-refractivity contribution in [2.75, 3.05) is 31.3 Å². The largest absolute Gasteiger partial charge is 0.377 e. The van der Waals surface area contributed by atoms with Crippen LogP contribution in [0.3, 0.4) is 0 Å². The number of nitrogens with zero attached hydrogens (tertiary/aromatic N) is 6. The zero-order valence-corrected chi connectivity index (χ0v) is 20.5. The van der Waals surface area contributed by atoms with Gasteiger partial charge in [0.1, 0.15) is 17.0 Å². The van der Waals surface area contributed by atoms with E-state index in [0.29, 0.717) is 13.2 Å². The number of hydrogen-bond donors (Lipinski definition) is 0. The Bertz CT molecular complexity index is 1200. The Balaban J connectivity index is 1.70. The monoisotopic (exact) mass is 466 g/mol. The summed E-state index contributed by atoms with van der Waals surface area (Å²) in [5, 5.41) is 14.7. The van der Waals surface area contributed by atoms with Gasteiger partial charge in [0.05, 0.1) is 46.8 Å². The van der Waals surface area contributed by atoms with Crippen molar-refractivity contribution < 1.29 is 9.47 Å². The van der Waals surface area contributed by atoms with Crippen molar-refractivity contribution in [3.8, 4) is 17.5 Å². The van der Waals surface area contributed by atoms with Gasteiger partial charge < -0.3 is 14.4 Å². The predicted octanol–water partition coefficient (Wildman–Crippen LogP) is 4.59. The Morgan fingerprint density at radius 2 is 2.09 bits per heavy atom. The van der Waals surface area contributed by atoms with E-state index < -0.39 is 5.41 Å². The normalized spacial score (nSPS) is 22.0. The summed E-state index contributed by atoms with van der Waals surface area (Å²) in [6, 6.07) is 6.82. The molecule has 2 unspecified atom stereocenters. The molecule has 2 saturated heterocycles. The van der Waals surface area contributed by atoms with Crippen LogP contribution in [0, 0.1) is 18.3 Å². The molecule has 0 radical (unpaired) electrons. The fourth-order valence-corrected chi connectivity index (χ4v) is 5.65. The maximum atomic E-state index is 9.95. The van der Waals surface area contributed by atoms with Gasteiger partial charge in [0.2, 0.25) is 0 Å². The summed E-state index contributed by atoms with van der Waals surface area (Å²) in [6.45, 7) is 10.9. The van der Waals surface area contributed by atoms with E-state index in [1.165, 1.54) is 11.5 Å². The Hall–Kier alpha value is -2.54. The van der Waals surface area contributed by atoms with E-state index in [1.807, 2.05) is 25.5 Å². The Morgan fingerprint density at radius 1 is 1.24 bits per heavy atom. The number of anilines is 1. The molecule has 0 saturated carbocycles. The highest BCUT2D eigenvalue weighted by Gasteiger charge is 2.31. The Morgan fingerprint density at radius 3 is 2.82 bits per heavy atom. The number of aryl methyl sites for hydroxylation is 1. The number of morpholine rings is 1. The lowest BCUT2D eigenvalue weighted by Crippen LogP contribution is -2.44. The van der Waals surface area contributed by atoms with Crippen molar-refractivity contribution >= 4 is 27.6 Å². The minimum absolute atomic E-state index is 0.0864. The zero-order chi connectivity index (χ0) is 23.2. The fourth-order valence-electron chi connectivity index (χ4n) is 4.64. The van der Waals surface area contributed by atoms with Crippen LogP contribution in [0.1, 0.15) is 57.5 Å². The third-order valence-electron chi connectivity index (χ3n) is 6.56. The van der Waals surface area contributed by atoms with Gasteiger partial charge >= 0.3 is 0 Å². The molecule has 5 heterocycles. The van der Waals surface area contributed by atoms with Crippen LogP contribution in [0.5, 0.6) is 0 Å². The second-order valence-electron chi connectivity index (χ2n) is 9.53. The van der Waals surface area contributed by atoms with Crippen LogP contribution in [0.2, 0.25) is 0 Å². The first-order valence-electron chi connectivity index (χ1n) is 11.6. The predicted molar refractivity (Wildman–Crippen MR) is 128 cm³/mol. The molecular formula is C24H30N6O2S. The summed E-state index contributed by atoms with van der Waals surface area (Å²) < 4.78 is 19.5. The minimum atomic E-state index is -0.669. The van der Waals surface area contributed by atoms with Crippen molar-refractivity contribution in [1.82, 2.24) is 19.1 Å². The molecule has 0 spiro atoms. The highest BCUT2D eigenvalue weighted by molar-refractivity contribution is 7.13. The van der Waals surface area contributed by atoms with E-state index in [4.69, 9.17) is 23.9 Å². The smallest absolute Gasteiger partial charge is 0.150 e. The fraction of sp³-hybridized carbons (Fsp3) is 0.583. The number of rotatable bonds is 4. The van der Waals surface area contributed by atoms with E-state index in [0.717, 1.165) is 71.1 Å². The molecule has 0 aromatic carbocycles. The lowest BCUT2D eigenvalue weighted by molar-refractivity contribution is -0.0385. The van der Waals surface area contributed by atoms with Crippen molar-refractivity contribution in [2.45, 2.75) is 64.6 Å².